The van der Waals surface area contributed by atoms with Gasteiger partial charge in [-0.25, -0.2) is 4.39 Å². The molecule has 0 saturated heterocycles. The second kappa shape index (κ2) is 8.10. The number of nitrogens with two attached hydrogens (primary N) is 1. The Morgan fingerprint density at radius 3 is 2.49 bits per heavy atom. The molecule has 37 heavy (non-hydrogen) atoms. The number of amides is 2. The average Bonchev–Trinajstić information content (AvgIpc) is 2.94. The fraction of sp³-hybridized carbons (Fsp3) is 0.417. The van der Waals surface area contributed by atoms with Gasteiger partial charge in [0.25, 0.3) is 5.91 Å². The van der Waals surface area contributed by atoms with Crippen molar-refractivity contribution in [3.05, 3.63) is 39.4 Å². The minimum atomic E-state index is -2.74. The Kier molecular flexibility index (Phi) is 5.44. The normalized spacial score (nSPS) is 29.7. The van der Waals surface area contributed by atoms with Gasteiger partial charge in [0, 0.05) is 35.6 Å². The highest BCUT2D eigenvalue weighted by molar-refractivity contribution is 6.22. The number of anilines is 1. The number of aromatic hydroxyl groups is 1. The fourth-order valence-corrected chi connectivity index (χ4v) is 6.04. The first-order valence-corrected chi connectivity index (χ1v) is 11.5. The van der Waals surface area contributed by atoms with Gasteiger partial charge in [0.2, 0.25) is 11.7 Å². The second-order valence-electron chi connectivity index (χ2n) is 9.88. The fourth-order valence-electron chi connectivity index (χ4n) is 6.04. The number of hydrogen-bond acceptors (Lipinski definition) is 10. The average molecular weight is 517 g/mol. The van der Waals surface area contributed by atoms with Gasteiger partial charge in [-0.3, -0.25) is 24.1 Å². The molecule has 2 amide bonds. The maximum absolute atomic E-state index is 15.9. The number of aliphatic hydroxyl groups excluding tert-OH is 3. The number of fused-ring (bicyclic) bond motifs is 4. The molecule has 0 spiro atoms. The third-order valence-electron chi connectivity index (χ3n) is 7.93. The summed E-state index contributed by atoms with van der Waals surface area (Å²) >= 11 is 0. The summed E-state index contributed by atoms with van der Waals surface area (Å²) in [7, 11) is 1.49. The standard InChI is InChI=1S/C24H24FN3O9/c1-28-5-10-16(25)9-3-7-2-8-4-12(30)15(22(26)35)21(34)24(8,37)20(33)13(7)18(31)14(9)19(32)17(10)27-23(36)11(28)6-29/h7-8,11,29,31-32,34,37H,2-6H2,1H3,(H2,26,35)(H,27,36)/t7-,8+,11+,24+/m1/s1. The predicted molar refractivity (Wildman–Crippen MR) is 122 cm³/mol. The Bertz CT molecular complexity index is 1380. The molecule has 0 unspecified atom stereocenters. The van der Waals surface area contributed by atoms with Crippen molar-refractivity contribution < 1.29 is 49.1 Å². The number of rotatable bonds is 2. The minimum absolute atomic E-state index is 0.0857. The van der Waals surface area contributed by atoms with E-state index in [0.717, 1.165) is 0 Å². The number of carbonyl (C=O) groups is 4. The van der Waals surface area contributed by atoms with E-state index in [1.807, 2.05) is 0 Å². The van der Waals surface area contributed by atoms with Crippen LogP contribution in [-0.4, -0.2) is 79.1 Å². The number of carbonyl (C=O) groups excluding carboxylic acids is 4. The summed E-state index contributed by atoms with van der Waals surface area (Å²) in [4.78, 5) is 51.6. The number of aliphatic hydroxyl groups is 4. The van der Waals surface area contributed by atoms with Crippen LogP contribution in [-0.2, 0) is 32.1 Å². The Balaban J connectivity index is 1.70. The van der Waals surface area contributed by atoms with Gasteiger partial charge in [0.15, 0.2) is 17.1 Å². The molecule has 1 aromatic carbocycles. The summed E-state index contributed by atoms with van der Waals surface area (Å²) in [6.45, 7) is -0.744. The van der Waals surface area contributed by atoms with E-state index < -0.39 is 99.7 Å². The summed E-state index contributed by atoms with van der Waals surface area (Å²) in [5.74, 6) is -9.82. The van der Waals surface area contributed by atoms with E-state index >= 15 is 4.39 Å². The van der Waals surface area contributed by atoms with Gasteiger partial charge in [-0.2, -0.15) is 0 Å². The zero-order valence-corrected chi connectivity index (χ0v) is 19.5. The predicted octanol–water partition coefficient (Wildman–Crippen LogP) is -0.692. The molecule has 1 aromatic rings. The van der Waals surface area contributed by atoms with Crippen molar-refractivity contribution in [3.8, 4) is 5.75 Å². The Hall–Kier alpha value is -3.81. The zero-order chi connectivity index (χ0) is 27.1. The molecule has 8 N–H and O–H groups in total. The first-order valence-electron chi connectivity index (χ1n) is 11.5. The largest absolute Gasteiger partial charge is 0.508 e. The van der Waals surface area contributed by atoms with Gasteiger partial charge in [-0.05, 0) is 25.8 Å². The topological polar surface area (TPSA) is 211 Å². The molecule has 0 aromatic heterocycles. The molecule has 4 aliphatic rings. The first-order chi connectivity index (χ1) is 17.3. The van der Waals surface area contributed by atoms with E-state index in [1.54, 1.807) is 0 Å². The lowest BCUT2D eigenvalue weighted by atomic mass is 9.59. The number of nitrogens with one attached hydrogen (secondary N) is 1. The van der Waals surface area contributed by atoms with Gasteiger partial charge in [0.1, 0.15) is 29.0 Å². The van der Waals surface area contributed by atoms with Crippen LogP contribution < -0.4 is 11.1 Å². The summed E-state index contributed by atoms with van der Waals surface area (Å²) < 4.78 is 15.9. The molecule has 3 aliphatic carbocycles. The van der Waals surface area contributed by atoms with Crippen molar-refractivity contribution in [1.82, 2.24) is 4.90 Å². The van der Waals surface area contributed by atoms with E-state index in [9.17, 15) is 44.7 Å². The maximum Gasteiger partial charge on any atom is 0.255 e. The lowest BCUT2D eigenvalue weighted by molar-refractivity contribution is -0.147. The SMILES string of the molecule is CN1Cc2c(F)c3c(c(O)c2NC(=O)[C@@H]1CO)C(O)=C1C(=O)[C@]2(O)C(O)=C(C(N)=O)C(=O)C[C@@H]2C[C@@H]1C3. The van der Waals surface area contributed by atoms with Gasteiger partial charge in [-0.1, -0.05) is 0 Å². The third kappa shape index (κ3) is 3.17. The van der Waals surface area contributed by atoms with Crippen LogP contribution >= 0.6 is 0 Å². The van der Waals surface area contributed by atoms with Crippen LogP contribution in [0.15, 0.2) is 16.9 Å². The molecular formula is C24H24FN3O9. The Morgan fingerprint density at radius 1 is 1.19 bits per heavy atom. The smallest absolute Gasteiger partial charge is 0.255 e. The molecule has 4 atom stereocenters. The molecule has 1 aliphatic heterocycles. The highest BCUT2D eigenvalue weighted by Gasteiger charge is 2.60. The lowest BCUT2D eigenvalue weighted by Gasteiger charge is -2.46. The molecule has 0 radical (unpaired) electrons. The molecule has 13 heteroatoms. The number of phenols is 1. The molecule has 12 nitrogen and oxygen atoms in total. The molecular weight excluding hydrogens is 493 g/mol. The molecule has 1 fully saturated rings. The first kappa shape index (κ1) is 24.9. The minimum Gasteiger partial charge on any atom is -0.508 e. The number of primary amides is 1. The number of halogens is 1. The van der Waals surface area contributed by atoms with Crippen LogP contribution in [0.2, 0.25) is 0 Å². The van der Waals surface area contributed by atoms with Crippen LogP contribution in [0, 0.1) is 17.7 Å². The molecule has 1 saturated carbocycles. The number of ketones is 2. The number of likely N-dealkylation sites (N-methyl/N-ethyl adjacent to an activating group) is 1. The molecule has 5 rings (SSSR count). The van der Waals surface area contributed by atoms with Crippen molar-refractivity contribution in [2.24, 2.45) is 17.6 Å². The van der Waals surface area contributed by atoms with Crippen LogP contribution in [0.5, 0.6) is 5.75 Å². The summed E-state index contributed by atoms with van der Waals surface area (Å²) in [5, 5.41) is 56.0. The number of hydrogen-bond donors (Lipinski definition) is 7. The van der Waals surface area contributed by atoms with Crippen molar-refractivity contribution in [3.63, 3.8) is 0 Å². The summed E-state index contributed by atoms with van der Waals surface area (Å²) in [6, 6.07) is -1.04. The molecule has 0 bridgehead atoms. The van der Waals surface area contributed by atoms with Crippen molar-refractivity contribution in [2.75, 3.05) is 19.0 Å². The van der Waals surface area contributed by atoms with Crippen molar-refractivity contribution in [2.45, 2.75) is 37.5 Å². The second-order valence-corrected chi connectivity index (χ2v) is 9.88. The van der Waals surface area contributed by atoms with E-state index in [0.29, 0.717) is 0 Å². The number of Topliss-reactive ketones (excluding diaryl/α,β-unsaturated/α-hetero) is 2. The lowest BCUT2D eigenvalue weighted by Crippen LogP contribution is -2.58. The summed E-state index contributed by atoms with van der Waals surface area (Å²) in [5.41, 5.74) is 0.0749. The summed E-state index contributed by atoms with van der Waals surface area (Å²) in [6.07, 6.45) is -0.829. The van der Waals surface area contributed by atoms with E-state index in [1.165, 1.54) is 11.9 Å². The van der Waals surface area contributed by atoms with Crippen molar-refractivity contribution >= 4 is 34.8 Å². The monoisotopic (exact) mass is 517 g/mol. The van der Waals surface area contributed by atoms with Crippen LogP contribution in [0.1, 0.15) is 29.5 Å². The molecule has 196 valence electrons. The zero-order valence-electron chi connectivity index (χ0n) is 19.5. The van der Waals surface area contributed by atoms with Gasteiger partial charge >= 0.3 is 0 Å². The Morgan fingerprint density at radius 2 is 1.86 bits per heavy atom. The number of phenolic OH excluding ortho intramolecular Hbond substituents is 1. The van der Waals surface area contributed by atoms with Crippen LogP contribution in [0.3, 0.4) is 0 Å². The van der Waals surface area contributed by atoms with Gasteiger partial charge < -0.3 is 36.6 Å². The molecule has 1 heterocycles. The van der Waals surface area contributed by atoms with E-state index in [4.69, 9.17) is 5.73 Å². The van der Waals surface area contributed by atoms with Gasteiger partial charge in [-0.15, -0.1) is 0 Å². The van der Waals surface area contributed by atoms with Crippen LogP contribution in [0.4, 0.5) is 10.1 Å². The quantitative estimate of drug-likeness (QED) is 0.194. The Labute approximate surface area is 208 Å². The van der Waals surface area contributed by atoms with E-state index in [2.05, 4.69) is 5.32 Å². The maximum atomic E-state index is 15.9. The van der Waals surface area contributed by atoms with Gasteiger partial charge in [0.05, 0.1) is 17.9 Å². The van der Waals surface area contributed by atoms with E-state index in [-0.39, 0.29) is 36.2 Å². The highest BCUT2D eigenvalue weighted by Crippen LogP contribution is 2.53. The van der Waals surface area contributed by atoms with Crippen LogP contribution in [0.25, 0.3) is 5.76 Å². The number of benzene rings is 1. The number of nitrogens with zero attached hydrogens (tertiary/aromatic N) is 1. The highest BCUT2D eigenvalue weighted by atomic mass is 19.1. The van der Waals surface area contributed by atoms with Crippen molar-refractivity contribution in [1.29, 1.82) is 0 Å². The third-order valence-corrected chi connectivity index (χ3v) is 7.93.